The van der Waals surface area contributed by atoms with Crippen molar-refractivity contribution >= 4 is 34.8 Å². The van der Waals surface area contributed by atoms with Crippen LogP contribution in [0.5, 0.6) is 0 Å². The van der Waals surface area contributed by atoms with Crippen LogP contribution in [-0.4, -0.2) is 4.98 Å². The van der Waals surface area contributed by atoms with E-state index >= 15 is 0 Å². The highest BCUT2D eigenvalue weighted by Crippen LogP contribution is 2.39. The molecule has 0 fully saturated rings. The van der Waals surface area contributed by atoms with Crippen LogP contribution in [0.1, 0.15) is 5.69 Å². The molecule has 20 heavy (non-hydrogen) atoms. The van der Waals surface area contributed by atoms with E-state index in [0.717, 1.165) is 6.07 Å². The fourth-order valence-electron chi connectivity index (χ4n) is 1.54. The third-order valence-corrected chi connectivity index (χ3v) is 3.53. The maximum Gasteiger partial charge on any atom is 0.436 e. The number of rotatable bonds is 1. The predicted molar refractivity (Wildman–Crippen MR) is 69.7 cm³/mol. The number of aromatic nitrogens is 1. The van der Waals surface area contributed by atoms with Gasteiger partial charge in [-0.15, -0.1) is 0 Å². The van der Waals surface area contributed by atoms with Gasteiger partial charge in [0, 0.05) is 5.56 Å². The van der Waals surface area contributed by atoms with Gasteiger partial charge in [0.2, 0.25) is 0 Å². The Morgan fingerprint density at radius 2 is 1.50 bits per heavy atom. The number of halogens is 7. The summed E-state index contributed by atoms with van der Waals surface area (Å²) in [4.78, 5) is 3.25. The topological polar surface area (TPSA) is 12.9 Å². The van der Waals surface area contributed by atoms with E-state index in [9.17, 15) is 17.6 Å². The molecule has 0 saturated heterocycles. The van der Waals surface area contributed by atoms with Crippen LogP contribution in [0.3, 0.4) is 0 Å². The zero-order valence-electron chi connectivity index (χ0n) is 9.40. The van der Waals surface area contributed by atoms with Crippen molar-refractivity contribution in [1.82, 2.24) is 4.98 Å². The molecule has 0 unspecified atom stereocenters. The van der Waals surface area contributed by atoms with Gasteiger partial charge in [-0.25, -0.2) is 9.37 Å². The first-order valence-electron chi connectivity index (χ1n) is 5.09. The minimum Gasteiger partial charge on any atom is -0.240 e. The average Bonchev–Trinajstić information content (AvgIpc) is 2.35. The standard InChI is InChI=1S/C12H4Cl3F4N/c13-5-1-2-6(14)10(15)9(5)8-4-3-7(16)11(20-8)12(17,18)19/h1-4H. The Morgan fingerprint density at radius 1 is 0.900 bits per heavy atom. The second-order valence-corrected chi connectivity index (χ2v) is 4.94. The van der Waals surface area contributed by atoms with E-state index < -0.39 is 17.7 Å². The van der Waals surface area contributed by atoms with E-state index in [0.29, 0.717) is 6.07 Å². The number of alkyl halides is 3. The zero-order chi connectivity index (χ0) is 15.1. The Balaban J connectivity index is 2.69. The molecule has 1 aromatic carbocycles. The van der Waals surface area contributed by atoms with Crippen molar-refractivity contribution in [2.24, 2.45) is 0 Å². The Hall–Kier alpha value is -1.04. The van der Waals surface area contributed by atoms with E-state index in [1.165, 1.54) is 12.1 Å². The molecule has 0 saturated carbocycles. The largest absolute Gasteiger partial charge is 0.436 e. The van der Waals surface area contributed by atoms with Gasteiger partial charge in [0.1, 0.15) is 0 Å². The van der Waals surface area contributed by atoms with Gasteiger partial charge in [0.05, 0.1) is 20.8 Å². The van der Waals surface area contributed by atoms with Crippen LogP contribution in [0.4, 0.5) is 17.6 Å². The Kier molecular flexibility index (Phi) is 4.14. The lowest BCUT2D eigenvalue weighted by atomic mass is 10.1. The van der Waals surface area contributed by atoms with Gasteiger partial charge in [-0.2, -0.15) is 13.2 Å². The van der Waals surface area contributed by atoms with E-state index in [1.54, 1.807) is 0 Å². The van der Waals surface area contributed by atoms with Crippen molar-refractivity contribution < 1.29 is 17.6 Å². The first kappa shape index (κ1) is 15.4. The van der Waals surface area contributed by atoms with Crippen LogP contribution in [0.15, 0.2) is 24.3 Å². The molecule has 106 valence electrons. The maximum atomic E-state index is 13.2. The van der Waals surface area contributed by atoms with Crippen molar-refractivity contribution in [3.05, 3.63) is 50.8 Å². The molecule has 1 aromatic heterocycles. The molecular weight excluding hydrogens is 340 g/mol. The normalized spacial score (nSPS) is 11.8. The summed E-state index contributed by atoms with van der Waals surface area (Å²) >= 11 is 17.6. The molecule has 2 aromatic rings. The summed E-state index contributed by atoms with van der Waals surface area (Å²) in [5.41, 5.74) is -1.83. The second kappa shape index (κ2) is 5.39. The molecular formula is C12H4Cl3F4N. The third kappa shape index (κ3) is 2.85. The molecule has 8 heteroatoms. The van der Waals surface area contributed by atoms with Crippen LogP contribution < -0.4 is 0 Å². The molecule has 0 amide bonds. The number of hydrogen-bond acceptors (Lipinski definition) is 1. The molecule has 0 aliphatic rings. The number of nitrogens with zero attached hydrogens (tertiary/aromatic N) is 1. The van der Waals surface area contributed by atoms with Crippen LogP contribution in [0.25, 0.3) is 11.3 Å². The van der Waals surface area contributed by atoms with Gasteiger partial charge >= 0.3 is 6.18 Å². The fourth-order valence-corrected chi connectivity index (χ4v) is 2.26. The van der Waals surface area contributed by atoms with Gasteiger partial charge in [-0.1, -0.05) is 34.8 Å². The highest BCUT2D eigenvalue weighted by atomic mass is 35.5. The summed E-state index contributed by atoms with van der Waals surface area (Å²) in [6.07, 6.45) is -4.92. The molecule has 0 aliphatic carbocycles. The molecule has 1 heterocycles. The Bertz CT molecular complexity index is 670. The molecule has 0 radical (unpaired) electrons. The van der Waals surface area contributed by atoms with Crippen LogP contribution in [0.2, 0.25) is 15.1 Å². The number of benzene rings is 1. The lowest BCUT2D eigenvalue weighted by molar-refractivity contribution is -0.143. The lowest BCUT2D eigenvalue weighted by Gasteiger charge is -2.11. The lowest BCUT2D eigenvalue weighted by Crippen LogP contribution is -2.11. The quantitative estimate of drug-likeness (QED) is 0.466. The van der Waals surface area contributed by atoms with E-state index in [4.69, 9.17) is 34.8 Å². The third-order valence-electron chi connectivity index (χ3n) is 2.41. The summed E-state index contributed by atoms with van der Waals surface area (Å²) in [7, 11) is 0. The Morgan fingerprint density at radius 3 is 2.10 bits per heavy atom. The molecule has 0 atom stereocenters. The summed E-state index contributed by atoms with van der Waals surface area (Å²) in [6.45, 7) is 0. The molecule has 0 bridgehead atoms. The summed E-state index contributed by atoms with van der Waals surface area (Å²) in [6, 6.07) is 4.46. The highest BCUT2D eigenvalue weighted by Gasteiger charge is 2.36. The van der Waals surface area contributed by atoms with Gasteiger partial charge in [0.25, 0.3) is 0 Å². The monoisotopic (exact) mass is 343 g/mol. The first-order valence-corrected chi connectivity index (χ1v) is 6.23. The SMILES string of the molecule is Fc1ccc(-c2c(Cl)ccc(Cl)c2Cl)nc1C(F)(F)F. The van der Waals surface area contributed by atoms with Crippen LogP contribution >= 0.6 is 34.8 Å². The van der Waals surface area contributed by atoms with E-state index in [2.05, 4.69) is 4.98 Å². The minimum atomic E-state index is -4.92. The minimum absolute atomic E-state index is 0.0198. The second-order valence-electron chi connectivity index (χ2n) is 3.74. The van der Waals surface area contributed by atoms with Crippen molar-refractivity contribution in [3.8, 4) is 11.3 Å². The number of pyridine rings is 1. The predicted octanol–water partition coefficient (Wildman–Crippen LogP) is 5.87. The van der Waals surface area contributed by atoms with Crippen molar-refractivity contribution in [3.63, 3.8) is 0 Å². The molecule has 1 nitrogen and oxygen atoms in total. The van der Waals surface area contributed by atoms with E-state index in [1.807, 2.05) is 0 Å². The zero-order valence-corrected chi connectivity index (χ0v) is 11.7. The number of hydrogen-bond donors (Lipinski definition) is 0. The first-order chi connectivity index (χ1) is 9.21. The maximum absolute atomic E-state index is 13.2. The van der Waals surface area contributed by atoms with Crippen molar-refractivity contribution in [2.75, 3.05) is 0 Å². The average molecular weight is 345 g/mol. The van der Waals surface area contributed by atoms with Crippen LogP contribution in [0, 0.1) is 5.82 Å². The van der Waals surface area contributed by atoms with Gasteiger partial charge < -0.3 is 0 Å². The van der Waals surface area contributed by atoms with E-state index in [-0.39, 0.29) is 26.3 Å². The van der Waals surface area contributed by atoms with Gasteiger partial charge in [-0.05, 0) is 24.3 Å². The van der Waals surface area contributed by atoms with Gasteiger partial charge in [0.15, 0.2) is 11.5 Å². The summed E-state index contributed by atoms with van der Waals surface area (Å²) < 4.78 is 51.1. The molecule has 0 aliphatic heterocycles. The Labute approximate surface area is 126 Å². The summed E-state index contributed by atoms with van der Waals surface area (Å²) in [5, 5.41) is 0.115. The summed E-state index contributed by atoms with van der Waals surface area (Å²) in [5.74, 6) is -1.48. The fraction of sp³-hybridized carbons (Fsp3) is 0.0833. The van der Waals surface area contributed by atoms with Crippen molar-refractivity contribution in [2.45, 2.75) is 6.18 Å². The smallest absolute Gasteiger partial charge is 0.240 e. The van der Waals surface area contributed by atoms with Gasteiger partial charge in [-0.3, -0.25) is 0 Å². The van der Waals surface area contributed by atoms with Crippen LogP contribution in [-0.2, 0) is 6.18 Å². The van der Waals surface area contributed by atoms with Crippen molar-refractivity contribution in [1.29, 1.82) is 0 Å². The highest BCUT2D eigenvalue weighted by molar-refractivity contribution is 6.46. The molecule has 2 rings (SSSR count). The molecule has 0 N–H and O–H groups in total. The molecule has 0 spiro atoms.